The Bertz CT molecular complexity index is 1930. The summed E-state index contributed by atoms with van der Waals surface area (Å²) in [5.74, 6) is -1.24. The number of carbonyl (C=O) groups is 4. The summed E-state index contributed by atoms with van der Waals surface area (Å²) < 4.78 is 68.6. The molecule has 101 heavy (non-hydrogen) atoms. The Morgan fingerprint density at radius 3 is 0.703 bits per heavy atom. The van der Waals surface area contributed by atoms with Gasteiger partial charge in [0, 0.05) is 25.7 Å². The Kier molecular flexibility index (Phi) is 73.5. The SMILES string of the molecule is CCCCCCCCCCCCCCCCCCCCCC(=O)OC[C@H](COP(=O)(O)OC[C@@H](O)COP(=O)(O)OC[C@@H](COC(=O)CCCCCCCCC)OC(=O)CCCCCCCCCCCCCCC)OC(=O)CCCCCCCCCCCCCCCCCCCCC(C)CC. The van der Waals surface area contributed by atoms with Crippen LogP contribution in [0.25, 0.3) is 0 Å². The highest BCUT2D eigenvalue weighted by molar-refractivity contribution is 7.47. The van der Waals surface area contributed by atoms with Gasteiger partial charge in [0.1, 0.15) is 19.3 Å². The lowest BCUT2D eigenvalue weighted by molar-refractivity contribution is -0.161. The van der Waals surface area contributed by atoms with Gasteiger partial charge in [-0.25, -0.2) is 9.13 Å². The minimum atomic E-state index is -4.96. The molecule has 0 aliphatic heterocycles. The van der Waals surface area contributed by atoms with Crippen LogP contribution >= 0.6 is 15.6 Å². The van der Waals surface area contributed by atoms with Crippen molar-refractivity contribution in [2.45, 2.75) is 457 Å². The molecule has 0 aromatic carbocycles. The quantitative estimate of drug-likeness (QED) is 0.0222. The van der Waals surface area contributed by atoms with Crippen LogP contribution in [-0.2, 0) is 65.4 Å². The smallest absolute Gasteiger partial charge is 0.462 e. The summed E-state index contributed by atoms with van der Waals surface area (Å²) in [5.41, 5.74) is 0. The van der Waals surface area contributed by atoms with Gasteiger partial charge in [-0.15, -0.1) is 0 Å². The van der Waals surface area contributed by atoms with Crippen LogP contribution in [0.4, 0.5) is 0 Å². The van der Waals surface area contributed by atoms with Crippen LogP contribution < -0.4 is 0 Å². The Balaban J connectivity index is 5.16. The molecular weight excluding hydrogens is 1320 g/mol. The van der Waals surface area contributed by atoms with Gasteiger partial charge in [0.25, 0.3) is 0 Å². The normalized spacial score (nSPS) is 14.1. The number of aliphatic hydroxyl groups is 1. The van der Waals surface area contributed by atoms with Crippen molar-refractivity contribution in [3.05, 3.63) is 0 Å². The van der Waals surface area contributed by atoms with Gasteiger partial charge in [-0.3, -0.25) is 37.3 Å². The van der Waals surface area contributed by atoms with E-state index >= 15 is 0 Å². The topological polar surface area (TPSA) is 237 Å². The zero-order chi connectivity index (χ0) is 74.1. The molecule has 0 heterocycles. The molecule has 0 rings (SSSR count). The number of unbranched alkanes of at least 4 members (excludes halogenated alkanes) is 53. The fourth-order valence-corrected chi connectivity index (χ4v) is 14.3. The van der Waals surface area contributed by atoms with Crippen molar-refractivity contribution in [2.75, 3.05) is 39.6 Å². The molecule has 0 aliphatic carbocycles. The van der Waals surface area contributed by atoms with Crippen molar-refractivity contribution < 1.29 is 80.2 Å². The van der Waals surface area contributed by atoms with Crippen molar-refractivity contribution in [1.82, 2.24) is 0 Å². The average Bonchev–Trinajstić information content (AvgIpc) is 1.05. The Morgan fingerprint density at radius 2 is 0.475 bits per heavy atom. The molecule has 0 aliphatic rings. The van der Waals surface area contributed by atoms with Crippen LogP contribution in [0.3, 0.4) is 0 Å². The number of hydrogen-bond acceptors (Lipinski definition) is 15. The minimum Gasteiger partial charge on any atom is -0.462 e. The van der Waals surface area contributed by atoms with Crippen LogP contribution in [0, 0.1) is 5.92 Å². The van der Waals surface area contributed by atoms with E-state index in [1.807, 2.05) is 0 Å². The van der Waals surface area contributed by atoms with E-state index < -0.39 is 97.5 Å². The van der Waals surface area contributed by atoms with Gasteiger partial charge in [-0.1, -0.05) is 388 Å². The molecule has 6 atom stereocenters. The zero-order valence-electron chi connectivity index (χ0n) is 66.1. The van der Waals surface area contributed by atoms with Crippen molar-refractivity contribution >= 4 is 39.5 Å². The zero-order valence-corrected chi connectivity index (χ0v) is 67.8. The number of carbonyl (C=O) groups excluding carboxylic acids is 4. The van der Waals surface area contributed by atoms with E-state index in [2.05, 4.69) is 34.6 Å². The number of esters is 4. The van der Waals surface area contributed by atoms with Crippen LogP contribution in [0.15, 0.2) is 0 Å². The summed E-state index contributed by atoms with van der Waals surface area (Å²) in [6.07, 6.45) is 66.8. The molecule has 0 saturated carbocycles. The third-order valence-electron chi connectivity index (χ3n) is 19.6. The highest BCUT2D eigenvalue weighted by atomic mass is 31.2. The molecular formula is C82H160O17P2. The first kappa shape index (κ1) is 99.1. The second-order valence-electron chi connectivity index (χ2n) is 29.8. The van der Waals surface area contributed by atoms with Crippen LogP contribution in [0.2, 0.25) is 0 Å². The molecule has 0 spiro atoms. The van der Waals surface area contributed by atoms with E-state index in [1.54, 1.807) is 0 Å². The van der Waals surface area contributed by atoms with E-state index in [9.17, 15) is 43.2 Å². The Labute approximate surface area is 619 Å². The molecule has 0 bridgehead atoms. The lowest BCUT2D eigenvalue weighted by Crippen LogP contribution is -2.30. The van der Waals surface area contributed by atoms with Crippen molar-refractivity contribution in [3.8, 4) is 0 Å². The molecule has 0 saturated heterocycles. The lowest BCUT2D eigenvalue weighted by Gasteiger charge is -2.21. The van der Waals surface area contributed by atoms with Crippen LogP contribution in [0.1, 0.15) is 439 Å². The van der Waals surface area contributed by atoms with Gasteiger partial charge in [0.2, 0.25) is 0 Å². The van der Waals surface area contributed by atoms with Crippen LogP contribution in [-0.4, -0.2) is 96.7 Å². The summed E-state index contributed by atoms with van der Waals surface area (Å²) >= 11 is 0. The predicted molar refractivity (Wildman–Crippen MR) is 414 cm³/mol. The largest absolute Gasteiger partial charge is 0.472 e. The molecule has 3 N–H and O–H groups in total. The van der Waals surface area contributed by atoms with Crippen molar-refractivity contribution in [2.24, 2.45) is 5.92 Å². The predicted octanol–water partition coefficient (Wildman–Crippen LogP) is 24.8. The molecule has 0 radical (unpaired) electrons. The maximum absolute atomic E-state index is 13.1. The van der Waals surface area contributed by atoms with Gasteiger partial charge < -0.3 is 33.8 Å². The number of phosphoric ester groups is 2. The summed E-state index contributed by atoms with van der Waals surface area (Å²) in [6.45, 7) is 7.36. The van der Waals surface area contributed by atoms with E-state index in [0.29, 0.717) is 25.7 Å². The maximum atomic E-state index is 13.1. The summed E-state index contributed by atoms with van der Waals surface area (Å²) in [4.78, 5) is 72.9. The van der Waals surface area contributed by atoms with Gasteiger partial charge in [0.15, 0.2) is 12.2 Å². The second kappa shape index (κ2) is 74.9. The standard InChI is InChI=1S/C82H160O17P2/c1-6-10-13-16-19-21-23-25-26-27-28-32-35-39-42-46-51-56-61-66-80(85)93-72-78(99-82(87)68-63-58-53-48-44-40-36-33-30-29-31-34-38-41-45-50-54-59-64-75(5)9-4)74-97-101(90,91)95-70-76(83)69-94-100(88,89)96-73-77(71-92-79(84)65-60-55-49-18-15-12-8-3)98-81(86)67-62-57-52-47-43-37-24-22-20-17-14-11-7-2/h75-78,83H,6-74H2,1-5H3,(H,88,89)(H,90,91)/t75?,76-,77+,78+/m0/s1. The van der Waals surface area contributed by atoms with Crippen molar-refractivity contribution in [3.63, 3.8) is 0 Å². The van der Waals surface area contributed by atoms with Crippen molar-refractivity contribution in [1.29, 1.82) is 0 Å². The molecule has 0 fully saturated rings. The highest BCUT2D eigenvalue weighted by Crippen LogP contribution is 2.45. The number of ether oxygens (including phenoxy) is 4. The molecule has 17 nitrogen and oxygen atoms in total. The maximum Gasteiger partial charge on any atom is 0.472 e. The van der Waals surface area contributed by atoms with Gasteiger partial charge in [-0.2, -0.15) is 0 Å². The average molecular weight is 1480 g/mol. The molecule has 0 aromatic heterocycles. The number of aliphatic hydroxyl groups excluding tert-OH is 1. The van der Waals surface area contributed by atoms with Gasteiger partial charge >= 0.3 is 39.5 Å². The highest BCUT2D eigenvalue weighted by Gasteiger charge is 2.30. The van der Waals surface area contributed by atoms with Gasteiger partial charge in [-0.05, 0) is 31.6 Å². The summed E-state index contributed by atoms with van der Waals surface area (Å²) in [6, 6.07) is 0. The third-order valence-corrected chi connectivity index (χ3v) is 21.5. The fraction of sp³-hybridized carbons (Fsp3) is 0.951. The van der Waals surface area contributed by atoms with Crippen LogP contribution in [0.5, 0.6) is 0 Å². The number of phosphoric acid groups is 2. The summed E-state index contributed by atoms with van der Waals surface area (Å²) in [5, 5.41) is 10.6. The first-order valence-corrected chi connectivity index (χ1v) is 45.7. The first-order valence-electron chi connectivity index (χ1n) is 42.7. The third kappa shape index (κ3) is 74.7. The Hall–Kier alpha value is -1.94. The van der Waals surface area contributed by atoms with E-state index in [1.165, 1.54) is 250 Å². The molecule has 3 unspecified atom stereocenters. The number of hydrogen-bond donors (Lipinski definition) is 3. The molecule has 19 heteroatoms. The van der Waals surface area contributed by atoms with E-state index in [4.69, 9.17) is 37.0 Å². The monoisotopic (exact) mass is 1480 g/mol. The van der Waals surface area contributed by atoms with E-state index in [-0.39, 0.29) is 25.7 Å². The first-order chi connectivity index (χ1) is 49.1. The summed E-state index contributed by atoms with van der Waals surface area (Å²) in [7, 11) is -9.91. The molecule has 600 valence electrons. The second-order valence-corrected chi connectivity index (χ2v) is 32.7. The van der Waals surface area contributed by atoms with Gasteiger partial charge in [0.05, 0.1) is 26.4 Å². The minimum absolute atomic E-state index is 0.108. The molecule has 0 amide bonds. The van der Waals surface area contributed by atoms with E-state index in [0.717, 1.165) is 109 Å². The Morgan fingerprint density at radius 1 is 0.277 bits per heavy atom. The molecule has 0 aromatic rings. The lowest BCUT2D eigenvalue weighted by atomic mass is 9.99. The number of rotatable bonds is 82. The fourth-order valence-electron chi connectivity index (χ4n) is 12.7.